The molecule has 1 aromatic rings. The van der Waals surface area contributed by atoms with Crippen LogP contribution in [0.15, 0.2) is 16.9 Å². The zero-order chi connectivity index (χ0) is 12.3. The van der Waals surface area contributed by atoms with Gasteiger partial charge in [0.2, 0.25) is 5.88 Å². The monoisotopic (exact) mass is 237 g/mol. The first-order valence-electron chi connectivity index (χ1n) is 3.91. The Kier molecular flexibility index (Phi) is 3.21. The molecule has 0 saturated carbocycles. The number of alkyl halides is 3. The fourth-order valence-electron chi connectivity index (χ4n) is 0.870. The van der Waals surface area contributed by atoms with Gasteiger partial charge < -0.3 is 9.47 Å². The van der Waals surface area contributed by atoms with Crippen LogP contribution >= 0.6 is 0 Å². The maximum atomic E-state index is 12.2. The number of carbonyl (C=O) groups is 1. The van der Waals surface area contributed by atoms with Gasteiger partial charge in [-0.1, -0.05) is 0 Å². The number of aromatic amines is 1. The second kappa shape index (κ2) is 4.25. The highest BCUT2D eigenvalue weighted by Gasteiger charge is 2.33. The number of hydrogen-bond donors (Lipinski definition) is 1. The van der Waals surface area contributed by atoms with Gasteiger partial charge in [0.05, 0.1) is 7.11 Å². The predicted molar refractivity (Wildman–Crippen MR) is 45.1 cm³/mol. The Morgan fingerprint density at radius 1 is 1.38 bits per heavy atom. The predicted octanol–water partition coefficient (Wildman–Crippen LogP) is 1.54. The van der Waals surface area contributed by atoms with E-state index in [2.05, 4.69) is 9.47 Å². The van der Waals surface area contributed by atoms with E-state index in [1.807, 2.05) is 0 Å². The number of halogens is 3. The zero-order valence-electron chi connectivity index (χ0n) is 7.92. The third-order valence-electron chi connectivity index (χ3n) is 1.55. The van der Waals surface area contributed by atoms with Crippen LogP contribution in [0.5, 0.6) is 5.88 Å². The van der Waals surface area contributed by atoms with E-state index in [9.17, 15) is 22.8 Å². The molecule has 0 unspecified atom stereocenters. The van der Waals surface area contributed by atoms with E-state index in [4.69, 9.17) is 0 Å². The minimum atomic E-state index is -4.75. The summed E-state index contributed by atoms with van der Waals surface area (Å²) in [6, 6.07) is 1.32. The lowest BCUT2D eigenvalue weighted by Crippen LogP contribution is -2.22. The molecule has 0 spiro atoms. The second-order valence-electron chi connectivity index (χ2n) is 2.62. The fraction of sp³-hybridized carbons (Fsp3) is 0.250. The minimum Gasteiger partial charge on any atom is -0.437 e. The van der Waals surface area contributed by atoms with Crippen molar-refractivity contribution in [3.63, 3.8) is 0 Å². The molecule has 0 bridgehead atoms. The van der Waals surface area contributed by atoms with Crippen LogP contribution in [0.4, 0.5) is 18.0 Å². The topological polar surface area (TPSA) is 68.4 Å². The van der Waals surface area contributed by atoms with Crippen molar-refractivity contribution in [2.24, 2.45) is 0 Å². The van der Waals surface area contributed by atoms with E-state index in [1.54, 1.807) is 4.98 Å². The van der Waals surface area contributed by atoms with Gasteiger partial charge in [0.25, 0.3) is 5.56 Å². The molecule has 1 N–H and O–H groups in total. The molecule has 0 aromatic carbocycles. The number of nitrogens with one attached hydrogen (secondary N) is 1. The van der Waals surface area contributed by atoms with Gasteiger partial charge in [0.15, 0.2) is 0 Å². The van der Waals surface area contributed by atoms with Gasteiger partial charge >= 0.3 is 12.3 Å². The lowest BCUT2D eigenvalue weighted by molar-refractivity contribution is -0.138. The van der Waals surface area contributed by atoms with Crippen molar-refractivity contribution in [2.75, 3.05) is 7.11 Å². The largest absolute Gasteiger partial charge is 0.514 e. The Morgan fingerprint density at radius 3 is 2.44 bits per heavy atom. The Bertz CT molecular complexity index is 451. The van der Waals surface area contributed by atoms with Crippen LogP contribution in [-0.4, -0.2) is 18.2 Å². The van der Waals surface area contributed by atoms with Crippen LogP contribution in [-0.2, 0) is 10.9 Å². The summed E-state index contributed by atoms with van der Waals surface area (Å²) in [5.74, 6) is -0.426. The van der Waals surface area contributed by atoms with Crippen LogP contribution in [0.1, 0.15) is 5.56 Å². The van der Waals surface area contributed by atoms with Gasteiger partial charge in [-0.3, -0.25) is 9.78 Å². The van der Waals surface area contributed by atoms with Crippen molar-refractivity contribution in [3.05, 3.63) is 28.0 Å². The van der Waals surface area contributed by atoms with E-state index in [0.29, 0.717) is 6.07 Å². The Labute approximate surface area is 86.8 Å². The average Bonchev–Trinajstić information content (AvgIpc) is 2.15. The van der Waals surface area contributed by atoms with E-state index in [0.717, 1.165) is 13.2 Å². The summed E-state index contributed by atoms with van der Waals surface area (Å²) >= 11 is 0. The van der Waals surface area contributed by atoms with Crippen molar-refractivity contribution < 1.29 is 27.4 Å². The van der Waals surface area contributed by atoms with Gasteiger partial charge in [-0.25, -0.2) is 4.79 Å². The Hall–Kier alpha value is -1.99. The number of methoxy groups -OCH3 is 1. The van der Waals surface area contributed by atoms with Crippen LogP contribution < -0.4 is 10.3 Å². The Balaban J connectivity index is 3.01. The molecule has 88 valence electrons. The SMILES string of the molecule is COC(=O)Oc1ccc(C(F)(F)F)c(=O)[nH]1. The molecule has 0 radical (unpaired) electrons. The minimum absolute atomic E-state index is 0.426. The number of aromatic nitrogens is 1. The first-order valence-corrected chi connectivity index (χ1v) is 3.91. The molecule has 8 heteroatoms. The Morgan fingerprint density at radius 2 is 2.00 bits per heavy atom. The van der Waals surface area contributed by atoms with Gasteiger partial charge in [-0.2, -0.15) is 13.2 Å². The van der Waals surface area contributed by atoms with Crippen LogP contribution in [0.3, 0.4) is 0 Å². The summed E-state index contributed by atoms with van der Waals surface area (Å²) in [7, 11) is 1.02. The summed E-state index contributed by atoms with van der Waals surface area (Å²) in [5, 5.41) is 0. The first-order chi connectivity index (χ1) is 7.34. The van der Waals surface area contributed by atoms with Gasteiger partial charge in [0.1, 0.15) is 5.56 Å². The molecule has 1 rings (SSSR count). The summed E-state index contributed by atoms with van der Waals surface area (Å²) in [4.78, 5) is 23.3. The molecule has 1 aromatic heterocycles. The molecule has 0 amide bonds. The number of pyridine rings is 1. The third kappa shape index (κ3) is 2.75. The van der Waals surface area contributed by atoms with Crippen LogP contribution in [0, 0.1) is 0 Å². The van der Waals surface area contributed by atoms with Crippen molar-refractivity contribution in [3.8, 4) is 5.88 Å². The molecule has 16 heavy (non-hydrogen) atoms. The molecule has 0 aliphatic rings. The van der Waals surface area contributed by atoms with Gasteiger partial charge in [-0.15, -0.1) is 0 Å². The van der Waals surface area contributed by atoms with Crippen molar-refractivity contribution in [1.82, 2.24) is 4.98 Å². The average molecular weight is 237 g/mol. The lowest BCUT2D eigenvalue weighted by atomic mass is 10.3. The molecular formula is C8H6F3NO4. The summed E-state index contributed by atoms with van der Waals surface area (Å²) < 4.78 is 44.9. The van der Waals surface area contributed by atoms with E-state index in [1.165, 1.54) is 0 Å². The summed E-state index contributed by atoms with van der Waals surface area (Å²) in [5.41, 5.74) is -2.77. The molecule has 0 aliphatic heterocycles. The first kappa shape index (κ1) is 12.1. The third-order valence-corrected chi connectivity index (χ3v) is 1.55. The van der Waals surface area contributed by atoms with Crippen molar-refractivity contribution in [1.29, 1.82) is 0 Å². The summed E-state index contributed by atoms with van der Waals surface area (Å²) in [6.07, 6.45) is -5.90. The van der Waals surface area contributed by atoms with Crippen LogP contribution in [0.2, 0.25) is 0 Å². The number of H-pyrrole nitrogens is 1. The summed E-state index contributed by atoms with van der Waals surface area (Å²) in [6.45, 7) is 0. The maximum Gasteiger partial charge on any atom is 0.514 e. The smallest absolute Gasteiger partial charge is 0.437 e. The molecule has 0 saturated heterocycles. The molecule has 5 nitrogen and oxygen atoms in total. The quantitative estimate of drug-likeness (QED) is 0.752. The van der Waals surface area contributed by atoms with E-state index < -0.39 is 29.3 Å². The van der Waals surface area contributed by atoms with Crippen LogP contribution in [0.25, 0.3) is 0 Å². The number of rotatable bonds is 1. The van der Waals surface area contributed by atoms with E-state index in [-0.39, 0.29) is 0 Å². The number of ether oxygens (including phenoxy) is 2. The number of hydrogen-bond acceptors (Lipinski definition) is 4. The highest BCUT2D eigenvalue weighted by atomic mass is 19.4. The normalized spacial score (nSPS) is 11.0. The molecule has 0 fully saturated rings. The highest BCUT2D eigenvalue weighted by Crippen LogP contribution is 2.26. The van der Waals surface area contributed by atoms with Crippen molar-refractivity contribution in [2.45, 2.75) is 6.18 Å². The number of carbonyl (C=O) groups excluding carboxylic acids is 1. The molecule has 1 heterocycles. The zero-order valence-corrected chi connectivity index (χ0v) is 7.92. The van der Waals surface area contributed by atoms with Gasteiger partial charge in [0, 0.05) is 0 Å². The fourth-order valence-corrected chi connectivity index (χ4v) is 0.870. The lowest BCUT2D eigenvalue weighted by Gasteiger charge is -2.06. The second-order valence-corrected chi connectivity index (χ2v) is 2.62. The maximum absolute atomic E-state index is 12.2. The molecule has 0 atom stereocenters. The van der Waals surface area contributed by atoms with Crippen molar-refractivity contribution >= 4 is 6.16 Å². The van der Waals surface area contributed by atoms with Gasteiger partial charge in [-0.05, 0) is 12.1 Å². The molecule has 0 aliphatic carbocycles. The van der Waals surface area contributed by atoms with E-state index >= 15 is 0 Å². The highest BCUT2D eigenvalue weighted by molar-refractivity contribution is 5.62. The standard InChI is InChI=1S/C8H6F3NO4/c1-15-7(14)16-5-3-2-4(6(13)12-5)8(9,10)11/h2-3H,1H3,(H,12,13). The molecular weight excluding hydrogens is 231 g/mol.